The molecule has 0 aromatic carbocycles. The zero-order chi connectivity index (χ0) is 13.2. The number of anilines is 1. The predicted octanol–water partition coefficient (Wildman–Crippen LogP) is 3.06. The van der Waals surface area contributed by atoms with Crippen molar-refractivity contribution in [3.05, 3.63) is 17.0 Å². The first kappa shape index (κ1) is 13.6. The summed E-state index contributed by atoms with van der Waals surface area (Å²) in [7, 11) is 0. The van der Waals surface area contributed by atoms with Gasteiger partial charge in [0.25, 0.3) is 0 Å². The minimum Gasteiger partial charge on any atom is -0.376 e. The van der Waals surface area contributed by atoms with Crippen molar-refractivity contribution in [3.8, 4) is 0 Å². The number of nitrogens with one attached hydrogen (secondary N) is 1. The van der Waals surface area contributed by atoms with Gasteiger partial charge >= 0.3 is 0 Å². The molecule has 0 aliphatic carbocycles. The molecule has 0 spiro atoms. The number of halogens is 1. The molecule has 0 radical (unpaired) electrons. The fraction of sp³-hybridized carbons (Fsp3) is 0.692. The standard InChI is InChI=1S/C13H20ClN3O/c1-4-5-11-15-10(14)8-12(16-11)17-13(3)6-7-18-9(13)2/h8-9H,4-7H2,1-3H3,(H,15,16,17). The Morgan fingerprint density at radius 3 is 2.94 bits per heavy atom. The highest BCUT2D eigenvalue weighted by Gasteiger charge is 2.37. The molecule has 2 rings (SSSR count). The lowest BCUT2D eigenvalue weighted by atomic mass is 9.95. The van der Waals surface area contributed by atoms with Crippen molar-refractivity contribution < 1.29 is 4.74 Å². The Balaban J connectivity index is 2.18. The van der Waals surface area contributed by atoms with Crippen molar-refractivity contribution in [1.29, 1.82) is 0 Å². The number of aromatic nitrogens is 2. The van der Waals surface area contributed by atoms with Gasteiger partial charge < -0.3 is 10.1 Å². The lowest BCUT2D eigenvalue weighted by Gasteiger charge is -2.29. The smallest absolute Gasteiger partial charge is 0.134 e. The summed E-state index contributed by atoms with van der Waals surface area (Å²) in [6.07, 6.45) is 2.99. The SMILES string of the molecule is CCCc1nc(Cl)cc(NC2(C)CCOC2C)n1. The number of nitrogens with zero attached hydrogens (tertiary/aromatic N) is 2. The fourth-order valence-electron chi connectivity index (χ4n) is 2.16. The van der Waals surface area contributed by atoms with Crippen molar-refractivity contribution >= 4 is 17.4 Å². The fourth-order valence-corrected chi connectivity index (χ4v) is 2.36. The van der Waals surface area contributed by atoms with E-state index in [0.29, 0.717) is 5.15 Å². The second-order valence-corrected chi connectivity index (χ2v) is 5.43. The first-order valence-electron chi connectivity index (χ1n) is 6.47. The van der Waals surface area contributed by atoms with Crippen molar-refractivity contribution in [3.63, 3.8) is 0 Å². The summed E-state index contributed by atoms with van der Waals surface area (Å²) in [5.74, 6) is 1.58. The third-order valence-electron chi connectivity index (χ3n) is 3.51. The number of rotatable bonds is 4. The van der Waals surface area contributed by atoms with E-state index in [9.17, 15) is 0 Å². The maximum Gasteiger partial charge on any atom is 0.134 e. The van der Waals surface area contributed by atoms with Crippen LogP contribution in [0.1, 0.15) is 39.4 Å². The van der Waals surface area contributed by atoms with Crippen LogP contribution >= 0.6 is 11.6 Å². The topological polar surface area (TPSA) is 47.0 Å². The van der Waals surface area contributed by atoms with E-state index in [0.717, 1.165) is 37.5 Å². The van der Waals surface area contributed by atoms with E-state index in [2.05, 4.69) is 36.1 Å². The third-order valence-corrected chi connectivity index (χ3v) is 3.71. The molecule has 1 N–H and O–H groups in total. The number of hydrogen-bond donors (Lipinski definition) is 1. The van der Waals surface area contributed by atoms with Crippen LogP contribution in [0.5, 0.6) is 0 Å². The molecule has 2 atom stereocenters. The van der Waals surface area contributed by atoms with Gasteiger partial charge in [-0.1, -0.05) is 18.5 Å². The maximum absolute atomic E-state index is 6.03. The first-order valence-corrected chi connectivity index (χ1v) is 6.84. The normalized spacial score (nSPS) is 27.4. The second-order valence-electron chi connectivity index (χ2n) is 5.05. The largest absolute Gasteiger partial charge is 0.376 e. The third kappa shape index (κ3) is 2.93. The van der Waals surface area contributed by atoms with E-state index in [1.54, 1.807) is 6.07 Å². The Morgan fingerprint density at radius 1 is 1.56 bits per heavy atom. The van der Waals surface area contributed by atoms with Crippen LogP contribution in [-0.2, 0) is 11.2 Å². The zero-order valence-corrected chi connectivity index (χ0v) is 11.9. The van der Waals surface area contributed by atoms with E-state index in [-0.39, 0.29) is 11.6 Å². The quantitative estimate of drug-likeness (QED) is 0.854. The Morgan fingerprint density at radius 2 is 2.33 bits per heavy atom. The molecule has 0 saturated carbocycles. The van der Waals surface area contributed by atoms with Crippen LogP contribution < -0.4 is 5.32 Å². The molecule has 1 aromatic heterocycles. The average molecular weight is 270 g/mol. The highest BCUT2D eigenvalue weighted by molar-refractivity contribution is 6.29. The summed E-state index contributed by atoms with van der Waals surface area (Å²) in [4.78, 5) is 8.73. The average Bonchev–Trinajstić information content (AvgIpc) is 2.58. The highest BCUT2D eigenvalue weighted by atomic mass is 35.5. The minimum atomic E-state index is -0.0822. The Bertz CT molecular complexity index is 427. The van der Waals surface area contributed by atoms with E-state index >= 15 is 0 Å². The molecule has 0 bridgehead atoms. The van der Waals surface area contributed by atoms with Crippen molar-refractivity contribution in [2.75, 3.05) is 11.9 Å². The lowest BCUT2D eigenvalue weighted by Crippen LogP contribution is -2.41. The first-order chi connectivity index (χ1) is 8.53. The summed E-state index contributed by atoms with van der Waals surface area (Å²) >= 11 is 6.03. The van der Waals surface area contributed by atoms with Gasteiger partial charge in [-0.3, -0.25) is 0 Å². The molecule has 1 saturated heterocycles. The predicted molar refractivity (Wildman–Crippen MR) is 73.1 cm³/mol. The van der Waals surface area contributed by atoms with Crippen LogP contribution in [0.25, 0.3) is 0 Å². The van der Waals surface area contributed by atoms with Gasteiger partial charge in [0, 0.05) is 19.1 Å². The Kier molecular flexibility index (Phi) is 4.07. The van der Waals surface area contributed by atoms with Crippen LogP contribution in [0.2, 0.25) is 5.15 Å². The van der Waals surface area contributed by atoms with Crippen LogP contribution in [0.3, 0.4) is 0 Å². The summed E-state index contributed by atoms with van der Waals surface area (Å²) in [6, 6.07) is 1.77. The molecular formula is C13H20ClN3O. The summed E-state index contributed by atoms with van der Waals surface area (Å²) in [6.45, 7) is 7.12. The maximum atomic E-state index is 6.03. The van der Waals surface area contributed by atoms with Gasteiger partial charge in [0.2, 0.25) is 0 Å². The van der Waals surface area contributed by atoms with Gasteiger partial charge in [-0.05, 0) is 26.7 Å². The van der Waals surface area contributed by atoms with Gasteiger partial charge in [-0.2, -0.15) is 0 Å². The van der Waals surface area contributed by atoms with E-state index in [1.807, 2.05) is 0 Å². The summed E-state index contributed by atoms with van der Waals surface area (Å²) in [5.41, 5.74) is -0.0822. The van der Waals surface area contributed by atoms with Crippen molar-refractivity contribution in [1.82, 2.24) is 9.97 Å². The molecule has 1 aliphatic rings. The van der Waals surface area contributed by atoms with Crippen molar-refractivity contribution in [2.24, 2.45) is 0 Å². The van der Waals surface area contributed by atoms with E-state index in [1.165, 1.54) is 0 Å². The molecule has 0 amide bonds. The zero-order valence-electron chi connectivity index (χ0n) is 11.2. The van der Waals surface area contributed by atoms with E-state index < -0.39 is 0 Å². The van der Waals surface area contributed by atoms with Crippen LogP contribution in [-0.4, -0.2) is 28.2 Å². The summed E-state index contributed by atoms with van der Waals surface area (Å²) in [5, 5.41) is 3.94. The molecule has 1 aromatic rings. The van der Waals surface area contributed by atoms with Gasteiger partial charge in [0.05, 0.1) is 11.6 Å². The molecule has 1 fully saturated rings. The molecular weight excluding hydrogens is 250 g/mol. The number of hydrogen-bond acceptors (Lipinski definition) is 4. The molecule has 18 heavy (non-hydrogen) atoms. The van der Waals surface area contributed by atoms with Gasteiger partial charge in [-0.25, -0.2) is 9.97 Å². The Labute approximate surface area is 113 Å². The molecule has 2 unspecified atom stereocenters. The summed E-state index contributed by atoms with van der Waals surface area (Å²) < 4.78 is 5.61. The van der Waals surface area contributed by atoms with Crippen LogP contribution in [0.4, 0.5) is 5.82 Å². The second kappa shape index (κ2) is 5.41. The number of ether oxygens (including phenoxy) is 1. The molecule has 100 valence electrons. The minimum absolute atomic E-state index is 0.0822. The Hall–Kier alpha value is -0.870. The highest BCUT2D eigenvalue weighted by Crippen LogP contribution is 2.29. The molecule has 2 heterocycles. The van der Waals surface area contributed by atoms with Crippen LogP contribution in [0.15, 0.2) is 6.07 Å². The molecule has 5 heteroatoms. The van der Waals surface area contributed by atoms with Gasteiger partial charge in [-0.15, -0.1) is 0 Å². The monoisotopic (exact) mass is 269 g/mol. The van der Waals surface area contributed by atoms with E-state index in [4.69, 9.17) is 16.3 Å². The van der Waals surface area contributed by atoms with Gasteiger partial charge in [0.15, 0.2) is 0 Å². The van der Waals surface area contributed by atoms with Crippen molar-refractivity contribution in [2.45, 2.75) is 51.7 Å². The number of aryl methyl sites for hydroxylation is 1. The molecule has 1 aliphatic heterocycles. The van der Waals surface area contributed by atoms with Crippen LogP contribution in [0, 0.1) is 0 Å². The molecule has 4 nitrogen and oxygen atoms in total. The lowest BCUT2D eigenvalue weighted by molar-refractivity contribution is 0.105. The van der Waals surface area contributed by atoms with Gasteiger partial charge in [0.1, 0.15) is 16.8 Å².